The first-order valence-electron chi connectivity index (χ1n) is 5.18. The van der Waals surface area contributed by atoms with Crippen LogP contribution in [0.15, 0.2) is 24.3 Å². The Labute approximate surface area is 94.6 Å². The molecule has 0 aliphatic heterocycles. The molecule has 0 unspecified atom stereocenters. The van der Waals surface area contributed by atoms with Crippen molar-refractivity contribution in [1.29, 1.82) is 0 Å². The Balaban J connectivity index is 2.97. The third-order valence-electron chi connectivity index (χ3n) is 2.51. The largest absolute Gasteiger partial charge is 0.465 e. The summed E-state index contributed by atoms with van der Waals surface area (Å²) in [4.78, 5) is 22.1. The summed E-state index contributed by atoms with van der Waals surface area (Å²) in [6, 6.07) is 6.78. The molecule has 0 atom stereocenters. The highest BCUT2D eigenvalue weighted by Gasteiger charge is 2.31. The van der Waals surface area contributed by atoms with Gasteiger partial charge in [-0.1, -0.05) is 12.1 Å². The normalized spacial score (nSPS) is 10.9. The molecule has 1 aromatic carbocycles. The number of benzene rings is 1. The maximum absolute atomic E-state index is 11.7. The Morgan fingerprint density at radius 1 is 1.31 bits per heavy atom. The summed E-state index contributed by atoms with van der Waals surface area (Å²) >= 11 is 0. The zero-order valence-corrected chi connectivity index (χ0v) is 9.74. The lowest BCUT2D eigenvalue weighted by Crippen LogP contribution is -2.55. The topological polar surface area (TPSA) is 57.3 Å². The first-order chi connectivity index (χ1) is 7.52. The number of rotatable bonds is 4. The number of esters is 1. The van der Waals surface area contributed by atoms with E-state index in [1.54, 1.807) is 50.2 Å². The van der Waals surface area contributed by atoms with Gasteiger partial charge < -0.3 is 4.74 Å². The van der Waals surface area contributed by atoms with Crippen molar-refractivity contribution in [1.82, 2.24) is 0 Å². The van der Waals surface area contributed by atoms with E-state index in [9.17, 15) is 9.70 Å². The van der Waals surface area contributed by atoms with Crippen LogP contribution in [0.5, 0.6) is 0 Å². The van der Waals surface area contributed by atoms with E-state index in [0.29, 0.717) is 12.3 Å². The Kier molecular flexibility index (Phi) is 3.77. The lowest BCUT2D eigenvalue weighted by Gasteiger charge is -2.22. The molecule has 0 aromatic heterocycles. The predicted octanol–water partition coefficient (Wildman–Crippen LogP) is 1.01. The summed E-state index contributed by atoms with van der Waals surface area (Å²) in [5.41, 5.74) is 0.602. The van der Waals surface area contributed by atoms with Crippen LogP contribution < -0.4 is 5.18 Å². The second kappa shape index (κ2) is 4.88. The molecule has 0 radical (unpaired) electrons. The van der Waals surface area contributed by atoms with Crippen LogP contribution in [-0.4, -0.2) is 12.6 Å². The van der Waals surface area contributed by atoms with Gasteiger partial charge in [-0.25, -0.2) is 0 Å². The maximum atomic E-state index is 11.7. The Morgan fingerprint density at radius 2 is 1.88 bits per heavy atom. The molecule has 0 heterocycles. The van der Waals surface area contributed by atoms with Crippen molar-refractivity contribution in [2.45, 2.75) is 26.2 Å². The molecular weight excluding hydrogens is 206 g/mol. The number of nitroso groups, excluding NO2 is 1. The first kappa shape index (κ1) is 12.4. The minimum absolute atomic E-state index is 0.266. The van der Waals surface area contributed by atoms with E-state index in [1.165, 1.54) is 0 Å². The molecule has 0 bridgehead atoms. The van der Waals surface area contributed by atoms with E-state index in [0.717, 1.165) is 5.56 Å². The summed E-state index contributed by atoms with van der Waals surface area (Å²) < 4.78 is 5.00. The van der Waals surface area contributed by atoms with Gasteiger partial charge in [0, 0.05) is 22.2 Å². The molecule has 1 aromatic rings. The molecule has 0 aliphatic carbocycles. The summed E-state index contributed by atoms with van der Waals surface area (Å²) in [6.45, 7) is 5.73. The number of hydrogen-bond acceptors (Lipinski definition) is 3. The molecule has 0 fully saturated rings. The van der Waals surface area contributed by atoms with Crippen LogP contribution in [0.25, 0.3) is 0 Å². The standard InChI is InChI=1S/C12H15NO3/c1-4-16-11(14)12(2,3)9-5-7-10(13-15)8-6-9/h5-8H,4H2,1-3H3/p+1. The summed E-state index contributed by atoms with van der Waals surface area (Å²) in [5.74, 6) is -0.266. The monoisotopic (exact) mass is 222 g/mol. The number of ether oxygens (including phenoxy) is 1. The van der Waals surface area contributed by atoms with Crippen molar-refractivity contribution in [3.05, 3.63) is 34.7 Å². The number of nitrogens with one attached hydrogen (secondary N) is 1. The predicted molar refractivity (Wildman–Crippen MR) is 60.1 cm³/mol. The Hall–Kier alpha value is -1.71. The molecule has 16 heavy (non-hydrogen) atoms. The number of carbonyl (C=O) groups is 1. The lowest BCUT2D eigenvalue weighted by molar-refractivity contribution is -0.379. The van der Waals surface area contributed by atoms with E-state index >= 15 is 0 Å². The van der Waals surface area contributed by atoms with Crippen LogP contribution in [0.3, 0.4) is 0 Å². The van der Waals surface area contributed by atoms with Crippen LogP contribution in [0.1, 0.15) is 26.3 Å². The van der Waals surface area contributed by atoms with Gasteiger partial charge in [0.05, 0.1) is 12.0 Å². The maximum Gasteiger partial charge on any atom is 0.315 e. The smallest absolute Gasteiger partial charge is 0.315 e. The summed E-state index contributed by atoms with van der Waals surface area (Å²) in [5, 5.41) is 1.79. The van der Waals surface area contributed by atoms with Crippen molar-refractivity contribution in [3.63, 3.8) is 0 Å². The molecule has 4 heteroatoms. The highest BCUT2D eigenvalue weighted by Crippen LogP contribution is 2.25. The number of hydrogen-bond donors (Lipinski definition) is 1. The average Bonchev–Trinajstić information content (AvgIpc) is 2.29. The van der Waals surface area contributed by atoms with Crippen molar-refractivity contribution in [2.75, 3.05) is 6.61 Å². The SMILES string of the molecule is CCOC(=O)C(C)(C)c1ccc([NH+]=O)cc1. The van der Waals surface area contributed by atoms with Crippen LogP contribution in [-0.2, 0) is 14.9 Å². The van der Waals surface area contributed by atoms with Crippen molar-refractivity contribution in [2.24, 2.45) is 0 Å². The molecule has 0 saturated carbocycles. The van der Waals surface area contributed by atoms with Gasteiger partial charge in [0.1, 0.15) is 0 Å². The fourth-order valence-electron chi connectivity index (χ4n) is 1.38. The minimum Gasteiger partial charge on any atom is -0.465 e. The van der Waals surface area contributed by atoms with Gasteiger partial charge in [-0.2, -0.15) is 0 Å². The quantitative estimate of drug-likeness (QED) is 0.773. The molecule has 1 N–H and O–H groups in total. The van der Waals surface area contributed by atoms with Crippen LogP contribution >= 0.6 is 0 Å². The Morgan fingerprint density at radius 3 is 2.31 bits per heavy atom. The van der Waals surface area contributed by atoms with Gasteiger partial charge in [0.15, 0.2) is 0 Å². The second-order valence-electron chi connectivity index (χ2n) is 4.02. The van der Waals surface area contributed by atoms with Crippen LogP contribution in [0, 0.1) is 4.91 Å². The molecule has 0 amide bonds. The minimum atomic E-state index is -0.697. The van der Waals surface area contributed by atoms with E-state index in [1.807, 2.05) is 0 Å². The first-order valence-corrected chi connectivity index (χ1v) is 5.18. The molecule has 0 aliphatic rings. The zero-order valence-electron chi connectivity index (χ0n) is 9.74. The molecule has 0 spiro atoms. The Bertz CT molecular complexity index is 382. The van der Waals surface area contributed by atoms with E-state index < -0.39 is 5.41 Å². The van der Waals surface area contributed by atoms with E-state index in [4.69, 9.17) is 4.74 Å². The molecular formula is C12H16NO3+. The van der Waals surface area contributed by atoms with Crippen LogP contribution in [0.4, 0.5) is 5.69 Å². The van der Waals surface area contributed by atoms with E-state index in [-0.39, 0.29) is 5.97 Å². The number of carbonyl (C=O) groups excluding carboxylic acids is 1. The van der Waals surface area contributed by atoms with Gasteiger partial charge in [0.2, 0.25) is 0 Å². The van der Waals surface area contributed by atoms with Gasteiger partial charge in [0.25, 0.3) is 5.69 Å². The van der Waals surface area contributed by atoms with Crippen molar-refractivity contribution in [3.8, 4) is 0 Å². The molecule has 4 nitrogen and oxygen atoms in total. The summed E-state index contributed by atoms with van der Waals surface area (Å²) in [6.07, 6.45) is 0. The second-order valence-corrected chi connectivity index (χ2v) is 4.02. The molecule has 86 valence electrons. The zero-order chi connectivity index (χ0) is 12.2. The van der Waals surface area contributed by atoms with Gasteiger partial charge in [-0.15, -0.1) is 0 Å². The third-order valence-corrected chi connectivity index (χ3v) is 2.51. The van der Waals surface area contributed by atoms with E-state index in [2.05, 4.69) is 0 Å². The molecule has 0 saturated heterocycles. The third kappa shape index (κ3) is 2.45. The summed E-state index contributed by atoms with van der Waals surface area (Å²) in [7, 11) is 0. The molecule has 1 rings (SSSR count). The van der Waals surface area contributed by atoms with Crippen molar-refractivity contribution < 1.29 is 14.7 Å². The van der Waals surface area contributed by atoms with Crippen LogP contribution in [0.2, 0.25) is 0 Å². The van der Waals surface area contributed by atoms with Crippen molar-refractivity contribution >= 4 is 11.7 Å². The van der Waals surface area contributed by atoms with Gasteiger partial charge in [-0.05, 0) is 26.3 Å². The highest BCUT2D eigenvalue weighted by molar-refractivity contribution is 5.82. The lowest BCUT2D eigenvalue weighted by atomic mass is 9.85. The fourth-order valence-corrected chi connectivity index (χ4v) is 1.38. The van der Waals surface area contributed by atoms with Gasteiger partial charge in [-0.3, -0.25) is 4.79 Å². The highest BCUT2D eigenvalue weighted by atomic mass is 16.5. The van der Waals surface area contributed by atoms with Gasteiger partial charge >= 0.3 is 5.97 Å². The average molecular weight is 222 g/mol. The fraction of sp³-hybridized carbons (Fsp3) is 0.417.